The molecule has 124 valence electrons. The molecule has 0 fully saturated rings. The number of carbonyl (C=O) groups is 1. The average Bonchev–Trinajstić information content (AvgIpc) is 2.90. The van der Waals surface area contributed by atoms with Crippen molar-refractivity contribution < 1.29 is 9.21 Å². The Morgan fingerprint density at radius 2 is 1.74 bits per heavy atom. The third-order valence-electron chi connectivity index (χ3n) is 3.77. The van der Waals surface area contributed by atoms with Crippen LogP contribution in [0.15, 0.2) is 22.6 Å². The van der Waals surface area contributed by atoms with Gasteiger partial charge in [0.2, 0.25) is 17.7 Å². The van der Waals surface area contributed by atoms with E-state index in [0.29, 0.717) is 36.5 Å². The van der Waals surface area contributed by atoms with Crippen molar-refractivity contribution in [1.82, 2.24) is 10.2 Å². The number of aryl methyl sites for hydroxylation is 2. The molecule has 0 atom stereocenters. The number of nitrogens with zero attached hydrogens (tertiary/aromatic N) is 2. The average molecular weight is 315 g/mol. The number of hydrogen-bond donors (Lipinski definition) is 1. The second kappa shape index (κ2) is 7.40. The Morgan fingerprint density at radius 1 is 1.13 bits per heavy atom. The van der Waals surface area contributed by atoms with E-state index in [-0.39, 0.29) is 5.91 Å². The Bertz CT molecular complexity index is 648. The monoisotopic (exact) mass is 315 g/mol. The number of rotatable bonds is 6. The smallest absolute Gasteiger partial charge is 0.224 e. The molecule has 2 aromatic rings. The van der Waals surface area contributed by atoms with Crippen LogP contribution in [0.25, 0.3) is 0 Å². The summed E-state index contributed by atoms with van der Waals surface area (Å²) >= 11 is 0. The van der Waals surface area contributed by atoms with Crippen molar-refractivity contribution in [3.05, 3.63) is 41.1 Å². The fourth-order valence-electron chi connectivity index (χ4n) is 2.56. The Labute approximate surface area is 137 Å². The van der Waals surface area contributed by atoms with Gasteiger partial charge in [-0.3, -0.25) is 4.79 Å². The van der Waals surface area contributed by atoms with Gasteiger partial charge in [0.25, 0.3) is 0 Å². The number of benzene rings is 1. The minimum Gasteiger partial charge on any atom is -0.426 e. The van der Waals surface area contributed by atoms with Crippen LogP contribution in [-0.4, -0.2) is 16.1 Å². The molecule has 1 N–H and O–H groups in total. The van der Waals surface area contributed by atoms with Crippen molar-refractivity contribution in [2.45, 2.75) is 59.3 Å². The van der Waals surface area contributed by atoms with E-state index in [1.165, 1.54) is 0 Å². The number of amides is 1. The maximum atomic E-state index is 12.3. The third-order valence-corrected chi connectivity index (χ3v) is 3.77. The molecule has 2 rings (SSSR count). The van der Waals surface area contributed by atoms with Crippen LogP contribution >= 0.6 is 0 Å². The molecule has 0 aliphatic rings. The Hall–Kier alpha value is -2.17. The topological polar surface area (TPSA) is 68.0 Å². The second-order valence-corrected chi connectivity index (χ2v) is 6.38. The van der Waals surface area contributed by atoms with Gasteiger partial charge in [0.15, 0.2) is 0 Å². The molecule has 0 unspecified atom stereocenters. The van der Waals surface area contributed by atoms with Gasteiger partial charge in [-0.25, -0.2) is 0 Å². The zero-order valence-electron chi connectivity index (χ0n) is 14.5. The van der Waals surface area contributed by atoms with Gasteiger partial charge in [-0.05, 0) is 23.0 Å². The minimum atomic E-state index is -0.0316. The second-order valence-electron chi connectivity index (χ2n) is 6.38. The minimum absolute atomic E-state index is 0.0316. The van der Waals surface area contributed by atoms with Crippen LogP contribution in [0, 0.1) is 6.92 Å². The van der Waals surface area contributed by atoms with Gasteiger partial charge in [0, 0.05) is 25.5 Å². The number of carbonyl (C=O) groups excluding carboxylic acids is 1. The van der Waals surface area contributed by atoms with E-state index < -0.39 is 0 Å². The summed E-state index contributed by atoms with van der Waals surface area (Å²) in [6.45, 7) is 10.3. The fourth-order valence-corrected chi connectivity index (χ4v) is 2.56. The molecule has 0 aliphatic carbocycles. The number of nitrogens with one attached hydrogen (secondary N) is 1. The van der Waals surface area contributed by atoms with Crippen LogP contribution in [0.4, 0.5) is 5.69 Å². The standard InChI is InChI=1S/C18H25N3O2/c1-11(2)14-7-6-8-15(12(3)4)18(14)19-16(22)9-10-17-21-20-13(5)23-17/h6-8,11-12H,9-10H2,1-5H3,(H,19,22). The van der Waals surface area contributed by atoms with Crippen molar-refractivity contribution >= 4 is 11.6 Å². The number of aromatic nitrogens is 2. The molecule has 0 saturated carbocycles. The number of para-hydroxylation sites is 1. The molecule has 5 nitrogen and oxygen atoms in total. The molecule has 1 heterocycles. The van der Waals surface area contributed by atoms with Gasteiger partial charge in [-0.2, -0.15) is 0 Å². The van der Waals surface area contributed by atoms with E-state index >= 15 is 0 Å². The largest absolute Gasteiger partial charge is 0.426 e. The fraction of sp³-hybridized carbons (Fsp3) is 0.500. The van der Waals surface area contributed by atoms with Crippen molar-refractivity contribution in [2.24, 2.45) is 0 Å². The molecule has 1 amide bonds. The lowest BCUT2D eigenvalue weighted by atomic mass is 9.92. The molecule has 0 aliphatic heterocycles. The first-order valence-electron chi connectivity index (χ1n) is 8.10. The molecule has 0 radical (unpaired) electrons. The third kappa shape index (κ3) is 4.41. The van der Waals surface area contributed by atoms with Gasteiger partial charge in [0.1, 0.15) is 0 Å². The van der Waals surface area contributed by atoms with E-state index in [2.05, 4.69) is 61.4 Å². The number of anilines is 1. The summed E-state index contributed by atoms with van der Waals surface area (Å²) in [4.78, 5) is 12.3. The Kier molecular flexibility index (Phi) is 5.53. The van der Waals surface area contributed by atoms with Gasteiger partial charge in [0.05, 0.1) is 0 Å². The Morgan fingerprint density at radius 3 is 2.22 bits per heavy atom. The quantitative estimate of drug-likeness (QED) is 0.867. The molecule has 1 aromatic heterocycles. The summed E-state index contributed by atoms with van der Waals surface area (Å²) in [5.41, 5.74) is 3.28. The van der Waals surface area contributed by atoms with Gasteiger partial charge >= 0.3 is 0 Å². The summed E-state index contributed by atoms with van der Waals surface area (Å²) in [5, 5.41) is 10.8. The van der Waals surface area contributed by atoms with Crippen LogP contribution in [0.3, 0.4) is 0 Å². The molecule has 0 bridgehead atoms. The predicted octanol–water partition coefficient (Wildman–Crippen LogP) is 4.20. The zero-order chi connectivity index (χ0) is 17.0. The lowest BCUT2D eigenvalue weighted by Gasteiger charge is -2.20. The van der Waals surface area contributed by atoms with E-state index in [0.717, 1.165) is 16.8 Å². The van der Waals surface area contributed by atoms with Crippen molar-refractivity contribution in [1.29, 1.82) is 0 Å². The van der Waals surface area contributed by atoms with E-state index in [4.69, 9.17) is 4.42 Å². The summed E-state index contributed by atoms with van der Waals surface area (Å²) in [7, 11) is 0. The maximum absolute atomic E-state index is 12.3. The van der Waals surface area contributed by atoms with Crippen LogP contribution < -0.4 is 5.32 Å². The molecular formula is C18H25N3O2. The maximum Gasteiger partial charge on any atom is 0.224 e. The van der Waals surface area contributed by atoms with Crippen molar-refractivity contribution in [2.75, 3.05) is 5.32 Å². The lowest BCUT2D eigenvalue weighted by Crippen LogP contribution is -2.16. The van der Waals surface area contributed by atoms with E-state index in [1.807, 2.05) is 0 Å². The van der Waals surface area contributed by atoms with Gasteiger partial charge in [-0.1, -0.05) is 45.9 Å². The van der Waals surface area contributed by atoms with E-state index in [1.54, 1.807) is 6.92 Å². The van der Waals surface area contributed by atoms with Crippen LogP contribution in [0.2, 0.25) is 0 Å². The van der Waals surface area contributed by atoms with Crippen LogP contribution in [0.1, 0.15) is 68.9 Å². The zero-order valence-corrected chi connectivity index (χ0v) is 14.5. The first-order chi connectivity index (χ1) is 10.9. The predicted molar refractivity (Wildman–Crippen MR) is 90.6 cm³/mol. The highest BCUT2D eigenvalue weighted by atomic mass is 16.4. The summed E-state index contributed by atoms with van der Waals surface area (Å²) in [6.07, 6.45) is 0.777. The van der Waals surface area contributed by atoms with Crippen molar-refractivity contribution in [3.63, 3.8) is 0 Å². The first-order valence-corrected chi connectivity index (χ1v) is 8.10. The molecule has 23 heavy (non-hydrogen) atoms. The first kappa shape index (κ1) is 17.2. The van der Waals surface area contributed by atoms with Gasteiger partial charge in [-0.15, -0.1) is 10.2 Å². The summed E-state index contributed by atoms with van der Waals surface area (Å²) in [6, 6.07) is 6.21. The van der Waals surface area contributed by atoms with E-state index in [9.17, 15) is 4.79 Å². The highest BCUT2D eigenvalue weighted by Gasteiger charge is 2.16. The Balaban J connectivity index is 2.12. The molecule has 0 saturated heterocycles. The summed E-state index contributed by atoms with van der Waals surface area (Å²) in [5.74, 6) is 1.69. The van der Waals surface area contributed by atoms with Crippen molar-refractivity contribution in [3.8, 4) is 0 Å². The molecule has 0 spiro atoms. The highest BCUT2D eigenvalue weighted by molar-refractivity contribution is 5.92. The SMILES string of the molecule is Cc1nnc(CCC(=O)Nc2c(C(C)C)cccc2C(C)C)o1. The molecular weight excluding hydrogens is 290 g/mol. The number of hydrogen-bond acceptors (Lipinski definition) is 4. The van der Waals surface area contributed by atoms with Crippen LogP contribution in [-0.2, 0) is 11.2 Å². The molecule has 1 aromatic carbocycles. The lowest BCUT2D eigenvalue weighted by molar-refractivity contribution is -0.116. The molecule has 5 heteroatoms. The normalized spacial score (nSPS) is 11.3. The summed E-state index contributed by atoms with van der Waals surface area (Å²) < 4.78 is 5.31. The van der Waals surface area contributed by atoms with Gasteiger partial charge < -0.3 is 9.73 Å². The highest BCUT2D eigenvalue weighted by Crippen LogP contribution is 2.32. The van der Waals surface area contributed by atoms with Crippen LogP contribution in [0.5, 0.6) is 0 Å².